The average Bonchev–Trinajstić information content (AvgIpc) is 2.37. The van der Waals surface area contributed by atoms with E-state index < -0.39 is 5.54 Å². The SMILES string of the molecule is CC(C)(C#N)NC(=O)c1cccc2nccnc12. The Morgan fingerprint density at radius 3 is 2.78 bits per heavy atom. The fourth-order valence-electron chi connectivity index (χ4n) is 1.56. The van der Waals surface area contributed by atoms with Crippen molar-refractivity contribution in [3.05, 3.63) is 36.2 Å². The van der Waals surface area contributed by atoms with Crippen LogP contribution in [0.25, 0.3) is 11.0 Å². The van der Waals surface area contributed by atoms with Crippen LogP contribution in [0.5, 0.6) is 0 Å². The van der Waals surface area contributed by atoms with Crippen molar-refractivity contribution in [1.82, 2.24) is 15.3 Å². The van der Waals surface area contributed by atoms with Gasteiger partial charge in [0.1, 0.15) is 11.1 Å². The number of nitrogens with zero attached hydrogens (tertiary/aromatic N) is 3. The number of nitrogens with one attached hydrogen (secondary N) is 1. The number of carbonyl (C=O) groups excluding carboxylic acids is 1. The second-order valence-corrected chi connectivity index (χ2v) is 4.42. The summed E-state index contributed by atoms with van der Waals surface area (Å²) in [7, 11) is 0. The third-order valence-electron chi connectivity index (χ3n) is 2.45. The molecule has 0 saturated carbocycles. The van der Waals surface area contributed by atoms with Crippen LogP contribution in [0.2, 0.25) is 0 Å². The first kappa shape index (κ1) is 12.0. The number of hydrogen-bond donors (Lipinski definition) is 1. The first-order chi connectivity index (χ1) is 8.53. The van der Waals surface area contributed by atoms with Crippen molar-refractivity contribution in [3.8, 4) is 6.07 Å². The molecule has 90 valence electrons. The highest BCUT2D eigenvalue weighted by molar-refractivity contribution is 6.04. The van der Waals surface area contributed by atoms with Crippen LogP contribution in [0.15, 0.2) is 30.6 Å². The second kappa shape index (κ2) is 4.41. The van der Waals surface area contributed by atoms with Crippen molar-refractivity contribution in [1.29, 1.82) is 5.26 Å². The molecule has 18 heavy (non-hydrogen) atoms. The van der Waals surface area contributed by atoms with E-state index in [9.17, 15) is 4.79 Å². The molecule has 5 nitrogen and oxygen atoms in total. The number of hydrogen-bond acceptors (Lipinski definition) is 4. The number of benzene rings is 1. The summed E-state index contributed by atoms with van der Waals surface area (Å²) in [6.07, 6.45) is 3.11. The molecular formula is C13H12N4O. The fourth-order valence-corrected chi connectivity index (χ4v) is 1.56. The molecule has 2 aromatic rings. The predicted molar refractivity (Wildman–Crippen MR) is 66.7 cm³/mol. The van der Waals surface area contributed by atoms with Crippen molar-refractivity contribution < 1.29 is 4.79 Å². The summed E-state index contributed by atoms with van der Waals surface area (Å²) in [5.41, 5.74) is 0.691. The van der Waals surface area contributed by atoms with Gasteiger partial charge in [-0.3, -0.25) is 14.8 Å². The molecule has 1 amide bonds. The zero-order chi connectivity index (χ0) is 13.2. The molecule has 0 aliphatic carbocycles. The van der Waals surface area contributed by atoms with Gasteiger partial charge in [-0.15, -0.1) is 0 Å². The van der Waals surface area contributed by atoms with E-state index >= 15 is 0 Å². The van der Waals surface area contributed by atoms with Crippen molar-refractivity contribution >= 4 is 16.9 Å². The monoisotopic (exact) mass is 240 g/mol. The summed E-state index contributed by atoms with van der Waals surface area (Å²) >= 11 is 0. The molecule has 1 N–H and O–H groups in total. The van der Waals surface area contributed by atoms with Gasteiger partial charge < -0.3 is 5.32 Å². The second-order valence-electron chi connectivity index (χ2n) is 4.42. The standard InChI is InChI=1S/C13H12N4O/c1-13(2,8-14)17-12(18)9-4-3-5-10-11(9)16-7-6-15-10/h3-7H,1-2H3,(H,17,18). The lowest BCUT2D eigenvalue weighted by atomic mass is 10.1. The summed E-state index contributed by atoms with van der Waals surface area (Å²) < 4.78 is 0. The number of carbonyl (C=O) groups is 1. The van der Waals surface area contributed by atoms with Crippen LogP contribution in [0.1, 0.15) is 24.2 Å². The van der Waals surface area contributed by atoms with Gasteiger partial charge in [0.2, 0.25) is 0 Å². The Labute approximate surface area is 104 Å². The van der Waals surface area contributed by atoms with E-state index in [0.29, 0.717) is 16.6 Å². The van der Waals surface area contributed by atoms with Crippen molar-refractivity contribution in [2.45, 2.75) is 19.4 Å². The van der Waals surface area contributed by atoms with Gasteiger partial charge in [-0.25, -0.2) is 0 Å². The Morgan fingerprint density at radius 2 is 2.06 bits per heavy atom. The zero-order valence-electron chi connectivity index (χ0n) is 10.1. The molecule has 1 aromatic carbocycles. The van der Waals surface area contributed by atoms with Crippen molar-refractivity contribution in [2.75, 3.05) is 0 Å². The van der Waals surface area contributed by atoms with Crippen molar-refractivity contribution in [3.63, 3.8) is 0 Å². The molecule has 5 heteroatoms. The first-order valence-corrected chi connectivity index (χ1v) is 5.47. The largest absolute Gasteiger partial charge is 0.334 e. The summed E-state index contributed by atoms with van der Waals surface area (Å²) in [4.78, 5) is 20.4. The van der Waals surface area contributed by atoms with Crippen LogP contribution in [0.3, 0.4) is 0 Å². The molecule has 0 spiro atoms. The number of para-hydroxylation sites is 1. The highest BCUT2D eigenvalue weighted by Crippen LogP contribution is 2.14. The maximum atomic E-state index is 12.1. The Hall–Kier alpha value is -2.48. The average molecular weight is 240 g/mol. The van der Waals surface area contributed by atoms with E-state index in [4.69, 9.17) is 5.26 Å². The molecular weight excluding hydrogens is 228 g/mol. The van der Waals surface area contributed by atoms with Gasteiger partial charge in [-0.05, 0) is 26.0 Å². The summed E-state index contributed by atoms with van der Waals surface area (Å²) in [5.74, 6) is -0.326. The summed E-state index contributed by atoms with van der Waals surface area (Å²) in [6.45, 7) is 3.28. The molecule has 0 aliphatic rings. The number of amides is 1. The van der Waals surface area contributed by atoms with Gasteiger partial charge in [0.15, 0.2) is 0 Å². The number of fused-ring (bicyclic) bond motifs is 1. The molecule has 0 atom stereocenters. The minimum Gasteiger partial charge on any atom is -0.334 e. The molecule has 0 saturated heterocycles. The molecule has 0 aliphatic heterocycles. The molecule has 0 radical (unpaired) electrons. The predicted octanol–water partition coefficient (Wildman–Crippen LogP) is 1.66. The Bertz CT molecular complexity index is 637. The maximum absolute atomic E-state index is 12.1. The van der Waals surface area contributed by atoms with Gasteiger partial charge in [0.25, 0.3) is 5.91 Å². The smallest absolute Gasteiger partial charge is 0.254 e. The van der Waals surface area contributed by atoms with Crippen LogP contribution < -0.4 is 5.32 Å². The quantitative estimate of drug-likeness (QED) is 0.865. The lowest BCUT2D eigenvalue weighted by Gasteiger charge is -2.17. The Morgan fingerprint density at radius 1 is 1.33 bits per heavy atom. The van der Waals surface area contributed by atoms with Gasteiger partial charge in [0, 0.05) is 12.4 Å². The lowest BCUT2D eigenvalue weighted by Crippen LogP contribution is -2.42. The fraction of sp³-hybridized carbons (Fsp3) is 0.231. The normalized spacial score (nSPS) is 10.9. The zero-order valence-corrected chi connectivity index (χ0v) is 10.1. The molecule has 0 unspecified atom stereocenters. The maximum Gasteiger partial charge on any atom is 0.254 e. The molecule has 0 fully saturated rings. The van der Waals surface area contributed by atoms with Gasteiger partial charge >= 0.3 is 0 Å². The van der Waals surface area contributed by atoms with Gasteiger partial charge in [-0.2, -0.15) is 5.26 Å². The molecule has 2 rings (SSSR count). The van der Waals surface area contributed by atoms with Gasteiger partial charge in [0.05, 0.1) is 17.1 Å². The number of nitriles is 1. The van der Waals surface area contributed by atoms with E-state index in [1.165, 1.54) is 6.20 Å². The number of aromatic nitrogens is 2. The van der Waals surface area contributed by atoms with E-state index in [1.807, 2.05) is 6.07 Å². The minimum atomic E-state index is -0.915. The van der Waals surface area contributed by atoms with E-state index in [0.717, 1.165) is 0 Å². The van der Waals surface area contributed by atoms with Crippen LogP contribution in [0.4, 0.5) is 0 Å². The third-order valence-corrected chi connectivity index (χ3v) is 2.45. The molecule has 1 heterocycles. The van der Waals surface area contributed by atoms with Crippen molar-refractivity contribution in [2.24, 2.45) is 0 Å². The van der Waals surface area contributed by atoms with Crippen LogP contribution in [-0.4, -0.2) is 21.4 Å². The minimum absolute atomic E-state index is 0.326. The highest BCUT2D eigenvalue weighted by Gasteiger charge is 2.21. The van der Waals surface area contributed by atoms with E-state index in [1.54, 1.807) is 38.2 Å². The van der Waals surface area contributed by atoms with Crippen LogP contribution >= 0.6 is 0 Å². The highest BCUT2D eigenvalue weighted by atomic mass is 16.1. The van der Waals surface area contributed by atoms with Gasteiger partial charge in [-0.1, -0.05) is 6.07 Å². The first-order valence-electron chi connectivity index (χ1n) is 5.47. The van der Waals surface area contributed by atoms with Crippen LogP contribution in [0, 0.1) is 11.3 Å². The topological polar surface area (TPSA) is 78.7 Å². The lowest BCUT2D eigenvalue weighted by molar-refractivity contribution is 0.0931. The van der Waals surface area contributed by atoms with E-state index in [-0.39, 0.29) is 5.91 Å². The number of rotatable bonds is 2. The Balaban J connectivity index is 2.43. The Kier molecular flexibility index (Phi) is 2.94. The molecule has 0 bridgehead atoms. The van der Waals surface area contributed by atoms with Crippen LogP contribution in [-0.2, 0) is 0 Å². The summed E-state index contributed by atoms with van der Waals surface area (Å²) in [5, 5.41) is 11.6. The van der Waals surface area contributed by atoms with E-state index in [2.05, 4.69) is 15.3 Å². The molecule has 1 aromatic heterocycles. The summed E-state index contributed by atoms with van der Waals surface area (Å²) in [6, 6.07) is 7.22. The third kappa shape index (κ3) is 2.28.